The minimum Gasteiger partial charge on any atom is -0.494 e. The van der Waals surface area contributed by atoms with Crippen LogP contribution in [0.25, 0.3) is 11.1 Å². The van der Waals surface area contributed by atoms with Gasteiger partial charge in [-0.3, -0.25) is 4.98 Å². The maximum atomic E-state index is 13.1. The molecule has 0 saturated heterocycles. The molecule has 0 aliphatic heterocycles. The van der Waals surface area contributed by atoms with Gasteiger partial charge in [0.1, 0.15) is 11.6 Å². The van der Waals surface area contributed by atoms with Crippen LogP contribution in [-0.2, 0) is 6.61 Å². The third kappa shape index (κ3) is 2.84. The number of aliphatic hydroxyl groups excluding tert-OH is 1. The van der Waals surface area contributed by atoms with E-state index in [0.29, 0.717) is 17.9 Å². The van der Waals surface area contributed by atoms with E-state index in [1.54, 1.807) is 24.4 Å². The second-order valence-corrected chi connectivity index (χ2v) is 3.85. The largest absolute Gasteiger partial charge is 0.494 e. The number of halogens is 1. The van der Waals surface area contributed by atoms with Crippen LogP contribution in [0.2, 0.25) is 0 Å². The fourth-order valence-electron chi connectivity index (χ4n) is 1.74. The third-order valence-electron chi connectivity index (χ3n) is 2.50. The highest BCUT2D eigenvalue weighted by molar-refractivity contribution is 5.65. The Labute approximate surface area is 105 Å². The molecule has 1 aromatic carbocycles. The van der Waals surface area contributed by atoms with Crippen LogP contribution in [0.4, 0.5) is 4.39 Å². The Morgan fingerprint density at radius 3 is 2.67 bits per heavy atom. The van der Waals surface area contributed by atoms with Gasteiger partial charge in [0.25, 0.3) is 0 Å². The summed E-state index contributed by atoms with van der Waals surface area (Å²) >= 11 is 0. The van der Waals surface area contributed by atoms with Crippen molar-refractivity contribution < 1.29 is 14.2 Å². The molecule has 0 fully saturated rings. The molecule has 0 saturated carbocycles. The number of ether oxygens (including phenoxy) is 1. The molecule has 18 heavy (non-hydrogen) atoms. The zero-order valence-corrected chi connectivity index (χ0v) is 10.1. The first kappa shape index (κ1) is 12.5. The summed E-state index contributed by atoms with van der Waals surface area (Å²) in [5.74, 6) is 0.267. The lowest BCUT2D eigenvalue weighted by atomic mass is 10.0. The zero-order valence-electron chi connectivity index (χ0n) is 10.1. The van der Waals surface area contributed by atoms with Gasteiger partial charge in [0, 0.05) is 11.8 Å². The van der Waals surface area contributed by atoms with Crippen molar-refractivity contribution in [2.45, 2.75) is 13.5 Å². The molecule has 2 rings (SSSR count). The molecular weight excluding hydrogens is 233 g/mol. The molecule has 1 heterocycles. The summed E-state index contributed by atoms with van der Waals surface area (Å²) in [6, 6.07) is 6.76. The van der Waals surface area contributed by atoms with Gasteiger partial charge in [-0.15, -0.1) is 0 Å². The average Bonchev–Trinajstić information content (AvgIpc) is 2.39. The summed E-state index contributed by atoms with van der Waals surface area (Å²) in [6.07, 6.45) is 2.73. The van der Waals surface area contributed by atoms with Crippen LogP contribution in [-0.4, -0.2) is 16.7 Å². The normalized spacial score (nSPS) is 10.4. The van der Waals surface area contributed by atoms with Crippen LogP contribution in [0.15, 0.2) is 36.7 Å². The fourth-order valence-corrected chi connectivity index (χ4v) is 1.74. The van der Waals surface area contributed by atoms with E-state index in [4.69, 9.17) is 4.74 Å². The number of aromatic nitrogens is 1. The van der Waals surface area contributed by atoms with E-state index >= 15 is 0 Å². The quantitative estimate of drug-likeness (QED) is 0.903. The molecule has 4 heteroatoms. The minimum absolute atomic E-state index is 0.0866. The highest BCUT2D eigenvalue weighted by Crippen LogP contribution is 2.26. The summed E-state index contributed by atoms with van der Waals surface area (Å²) in [7, 11) is 0. The van der Waals surface area contributed by atoms with E-state index < -0.39 is 0 Å². The second-order valence-electron chi connectivity index (χ2n) is 3.85. The van der Waals surface area contributed by atoms with Crippen molar-refractivity contribution in [1.82, 2.24) is 4.98 Å². The molecule has 3 nitrogen and oxygen atoms in total. The topological polar surface area (TPSA) is 42.4 Å². The average molecular weight is 247 g/mol. The number of hydrogen-bond donors (Lipinski definition) is 1. The molecule has 2 aromatic rings. The van der Waals surface area contributed by atoms with Crippen LogP contribution >= 0.6 is 0 Å². The number of hydrogen-bond acceptors (Lipinski definition) is 3. The predicted molar refractivity (Wildman–Crippen MR) is 66.7 cm³/mol. The van der Waals surface area contributed by atoms with Crippen molar-refractivity contribution in [3.8, 4) is 16.9 Å². The first-order valence-electron chi connectivity index (χ1n) is 5.71. The number of aliphatic hydroxyl groups is 1. The summed E-state index contributed by atoms with van der Waals surface area (Å²) in [5, 5.41) is 9.21. The Bertz CT molecular complexity index is 543. The molecule has 0 amide bonds. The van der Waals surface area contributed by atoms with E-state index in [9.17, 15) is 9.50 Å². The van der Waals surface area contributed by atoms with E-state index in [1.807, 2.05) is 6.92 Å². The molecule has 1 N–H and O–H groups in total. The summed E-state index contributed by atoms with van der Waals surface area (Å²) in [6.45, 7) is 2.33. The fraction of sp³-hybridized carbons (Fsp3) is 0.214. The zero-order chi connectivity index (χ0) is 13.0. The van der Waals surface area contributed by atoms with Gasteiger partial charge in [0.2, 0.25) is 0 Å². The standard InChI is InChI=1S/C14H14FNO2/c1-2-18-14-4-10(9-17)3-11(6-14)12-5-13(15)8-16-7-12/h3-8,17H,2,9H2,1H3. The van der Waals surface area contributed by atoms with Gasteiger partial charge in [-0.1, -0.05) is 0 Å². The van der Waals surface area contributed by atoms with Crippen LogP contribution in [0, 0.1) is 5.82 Å². The summed E-state index contributed by atoms with van der Waals surface area (Å²) < 4.78 is 18.6. The Morgan fingerprint density at radius 2 is 2.00 bits per heavy atom. The highest BCUT2D eigenvalue weighted by atomic mass is 19.1. The van der Waals surface area contributed by atoms with Gasteiger partial charge < -0.3 is 9.84 Å². The Balaban J connectivity index is 2.46. The van der Waals surface area contributed by atoms with Gasteiger partial charge in [-0.25, -0.2) is 4.39 Å². The number of nitrogens with zero attached hydrogens (tertiary/aromatic N) is 1. The van der Waals surface area contributed by atoms with Crippen molar-refractivity contribution in [3.05, 3.63) is 48.0 Å². The molecule has 0 atom stereocenters. The summed E-state index contributed by atoms with van der Waals surface area (Å²) in [5.41, 5.74) is 2.16. The van der Waals surface area contributed by atoms with Crippen molar-refractivity contribution in [1.29, 1.82) is 0 Å². The van der Waals surface area contributed by atoms with Crippen molar-refractivity contribution in [2.24, 2.45) is 0 Å². The number of pyridine rings is 1. The smallest absolute Gasteiger partial charge is 0.142 e. The van der Waals surface area contributed by atoms with E-state index in [2.05, 4.69) is 4.98 Å². The Kier molecular flexibility index (Phi) is 3.89. The maximum Gasteiger partial charge on any atom is 0.142 e. The minimum atomic E-state index is -0.389. The lowest BCUT2D eigenvalue weighted by Gasteiger charge is -2.09. The van der Waals surface area contributed by atoms with Gasteiger partial charge in [0.05, 0.1) is 19.4 Å². The van der Waals surface area contributed by atoms with Crippen molar-refractivity contribution >= 4 is 0 Å². The van der Waals surface area contributed by atoms with Crippen LogP contribution in [0.5, 0.6) is 5.75 Å². The van der Waals surface area contributed by atoms with E-state index in [0.717, 1.165) is 17.3 Å². The van der Waals surface area contributed by atoms with Crippen molar-refractivity contribution in [3.63, 3.8) is 0 Å². The predicted octanol–water partition coefficient (Wildman–Crippen LogP) is 2.78. The molecule has 1 aromatic heterocycles. The summed E-state index contributed by atoms with van der Waals surface area (Å²) in [4.78, 5) is 3.81. The second kappa shape index (κ2) is 5.60. The first-order chi connectivity index (χ1) is 8.72. The lowest BCUT2D eigenvalue weighted by Crippen LogP contribution is -1.94. The first-order valence-corrected chi connectivity index (χ1v) is 5.71. The molecule has 94 valence electrons. The van der Waals surface area contributed by atoms with Crippen molar-refractivity contribution in [2.75, 3.05) is 6.61 Å². The Hall–Kier alpha value is -1.94. The molecule has 0 aliphatic rings. The monoisotopic (exact) mass is 247 g/mol. The van der Waals surface area contributed by atoms with E-state index in [1.165, 1.54) is 6.07 Å². The molecule has 0 unspecified atom stereocenters. The maximum absolute atomic E-state index is 13.1. The van der Waals surface area contributed by atoms with Gasteiger partial charge in [-0.2, -0.15) is 0 Å². The van der Waals surface area contributed by atoms with Gasteiger partial charge >= 0.3 is 0 Å². The third-order valence-corrected chi connectivity index (χ3v) is 2.50. The lowest BCUT2D eigenvalue weighted by molar-refractivity contribution is 0.280. The van der Waals surface area contributed by atoms with Crippen LogP contribution in [0.1, 0.15) is 12.5 Å². The molecule has 0 radical (unpaired) electrons. The molecule has 0 aliphatic carbocycles. The highest BCUT2D eigenvalue weighted by Gasteiger charge is 2.05. The van der Waals surface area contributed by atoms with Crippen LogP contribution in [0.3, 0.4) is 0 Å². The van der Waals surface area contributed by atoms with Crippen LogP contribution < -0.4 is 4.74 Å². The molecule has 0 bridgehead atoms. The van der Waals surface area contributed by atoms with E-state index in [-0.39, 0.29) is 12.4 Å². The molecular formula is C14H14FNO2. The number of rotatable bonds is 4. The Morgan fingerprint density at radius 1 is 1.17 bits per heavy atom. The SMILES string of the molecule is CCOc1cc(CO)cc(-c2cncc(F)c2)c1. The van der Waals surface area contributed by atoms with Gasteiger partial charge in [0.15, 0.2) is 0 Å². The van der Waals surface area contributed by atoms with Gasteiger partial charge in [-0.05, 0) is 42.3 Å². The number of benzene rings is 1. The molecule has 0 spiro atoms.